The predicted molar refractivity (Wildman–Crippen MR) is 78.5 cm³/mol. The molecule has 0 aromatic heterocycles. The molecule has 2 rings (SSSR count). The summed E-state index contributed by atoms with van der Waals surface area (Å²) in [5.41, 5.74) is 0. The summed E-state index contributed by atoms with van der Waals surface area (Å²) in [5, 5.41) is 9.35. The van der Waals surface area contributed by atoms with Crippen molar-refractivity contribution in [2.75, 3.05) is 13.1 Å². The lowest BCUT2D eigenvalue weighted by atomic mass is 10.2. The molecule has 1 aromatic rings. The Labute approximate surface area is 128 Å². The Balaban J connectivity index is 2.01. The van der Waals surface area contributed by atoms with Crippen molar-refractivity contribution in [3.8, 4) is 5.75 Å². The zero-order valence-electron chi connectivity index (χ0n) is 11.8. The van der Waals surface area contributed by atoms with Crippen molar-refractivity contribution in [2.24, 2.45) is 5.92 Å². The zero-order chi connectivity index (χ0) is 15.4. The number of aliphatic carboxylic acids is 1. The Morgan fingerprint density at radius 2 is 2.10 bits per heavy atom. The Kier molecular flexibility index (Phi) is 5.07. The van der Waals surface area contributed by atoms with E-state index in [-0.39, 0.29) is 12.5 Å². The summed E-state index contributed by atoms with van der Waals surface area (Å²) in [5.74, 6) is -0.513. The molecule has 1 saturated carbocycles. The van der Waals surface area contributed by atoms with Crippen LogP contribution in [-0.4, -0.2) is 41.1 Å². The van der Waals surface area contributed by atoms with Gasteiger partial charge in [0.2, 0.25) is 0 Å². The van der Waals surface area contributed by atoms with Crippen molar-refractivity contribution in [3.05, 3.63) is 29.3 Å². The van der Waals surface area contributed by atoms with E-state index in [1.165, 1.54) is 4.90 Å². The SMILES string of the molecule is CC(Oc1ccccc1Cl)C(=O)N(CC(=O)O)CC1CC1. The Bertz CT molecular complexity index is 530. The number of benzene rings is 1. The van der Waals surface area contributed by atoms with Crippen LogP contribution in [0.4, 0.5) is 0 Å². The maximum Gasteiger partial charge on any atom is 0.323 e. The van der Waals surface area contributed by atoms with Crippen LogP contribution in [0.2, 0.25) is 5.02 Å². The molecular weight excluding hydrogens is 294 g/mol. The molecule has 0 bridgehead atoms. The number of para-hydroxylation sites is 1. The normalized spacial score (nSPS) is 15.3. The van der Waals surface area contributed by atoms with E-state index in [1.54, 1.807) is 31.2 Å². The first kappa shape index (κ1) is 15.6. The molecule has 6 heteroatoms. The number of carboxylic acids is 1. The van der Waals surface area contributed by atoms with Crippen molar-refractivity contribution >= 4 is 23.5 Å². The van der Waals surface area contributed by atoms with Crippen molar-refractivity contribution in [1.29, 1.82) is 0 Å². The van der Waals surface area contributed by atoms with Crippen LogP contribution in [-0.2, 0) is 9.59 Å². The van der Waals surface area contributed by atoms with Gasteiger partial charge in [0.15, 0.2) is 6.10 Å². The van der Waals surface area contributed by atoms with Crippen LogP contribution in [0.1, 0.15) is 19.8 Å². The number of hydrogen-bond acceptors (Lipinski definition) is 3. The van der Waals surface area contributed by atoms with E-state index in [1.807, 2.05) is 0 Å². The van der Waals surface area contributed by atoms with Crippen molar-refractivity contribution in [2.45, 2.75) is 25.9 Å². The third kappa shape index (κ3) is 4.63. The fraction of sp³-hybridized carbons (Fsp3) is 0.467. The molecular formula is C15H18ClNO4. The number of nitrogens with zero attached hydrogens (tertiary/aromatic N) is 1. The van der Waals surface area contributed by atoms with Crippen LogP contribution >= 0.6 is 11.6 Å². The molecule has 0 radical (unpaired) electrons. The van der Waals surface area contributed by atoms with Gasteiger partial charge in [0, 0.05) is 6.54 Å². The molecule has 1 aliphatic rings. The summed E-state index contributed by atoms with van der Waals surface area (Å²) < 4.78 is 5.56. The van der Waals surface area contributed by atoms with Gasteiger partial charge >= 0.3 is 5.97 Å². The van der Waals surface area contributed by atoms with E-state index < -0.39 is 12.1 Å². The second kappa shape index (κ2) is 6.80. The summed E-state index contributed by atoms with van der Waals surface area (Å²) in [4.78, 5) is 24.6. The third-order valence-corrected chi connectivity index (χ3v) is 3.61. The fourth-order valence-electron chi connectivity index (χ4n) is 2.05. The lowest BCUT2D eigenvalue weighted by Crippen LogP contribution is -2.44. The standard InChI is InChI=1S/C15H18ClNO4/c1-10(21-13-5-3-2-4-12(13)16)15(20)17(9-14(18)19)8-11-6-7-11/h2-5,10-11H,6-9H2,1H3,(H,18,19). The van der Waals surface area contributed by atoms with E-state index in [2.05, 4.69) is 0 Å². The molecule has 21 heavy (non-hydrogen) atoms. The number of halogens is 1. The molecule has 0 saturated heterocycles. The molecule has 1 atom stereocenters. The number of amides is 1. The summed E-state index contributed by atoms with van der Waals surface area (Å²) in [6, 6.07) is 6.88. The molecule has 0 spiro atoms. The van der Waals surface area contributed by atoms with Gasteiger partial charge in [0.05, 0.1) is 5.02 Å². The number of hydrogen-bond donors (Lipinski definition) is 1. The van der Waals surface area contributed by atoms with Gasteiger partial charge in [-0.05, 0) is 37.8 Å². The average molecular weight is 312 g/mol. The molecule has 1 fully saturated rings. The Hall–Kier alpha value is -1.75. The average Bonchev–Trinajstić information content (AvgIpc) is 3.23. The largest absolute Gasteiger partial charge is 0.480 e. The minimum Gasteiger partial charge on any atom is -0.480 e. The van der Waals surface area contributed by atoms with E-state index >= 15 is 0 Å². The van der Waals surface area contributed by atoms with Gasteiger partial charge in [-0.3, -0.25) is 9.59 Å². The number of carbonyl (C=O) groups is 2. The Morgan fingerprint density at radius 3 is 2.67 bits per heavy atom. The second-order valence-electron chi connectivity index (χ2n) is 5.25. The molecule has 1 N–H and O–H groups in total. The number of carbonyl (C=O) groups excluding carboxylic acids is 1. The zero-order valence-corrected chi connectivity index (χ0v) is 12.5. The summed E-state index contributed by atoms with van der Waals surface area (Å²) in [6.45, 7) is 1.78. The van der Waals surface area contributed by atoms with Crippen LogP contribution in [0, 0.1) is 5.92 Å². The monoisotopic (exact) mass is 311 g/mol. The smallest absolute Gasteiger partial charge is 0.323 e. The fourth-order valence-corrected chi connectivity index (χ4v) is 2.23. The molecule has 5 nitrogen and oxygen atoms in total. The van der Waals surface area contributed by atoms with Gasteiger partial charge in [-0.1, -0.05) is 23.7 Å². The Morgan fingerprint density at radius 1 is 1.43 bits per heavy atom. The van der Waals surface area contributed by atoms with Crippen LogP contribution in [0.15, 0.2) is 24.3 Å². The van der Waals surface area contributed by atoms with Gasteiger partial charge in [-0.2, -0.15) is 0 Å². The van der Waals surface area contributed by atoms with Crippen LogP contribution in [0.5, 0.6) is 5.75 Å². The van der Waals surface area contributed by atoms with Crippen molar-refractivity contribution < 1.29 is 19.4 Å². The number of ether oxygens (including phenoxy) is 1. The van der Waals surface area contributed by atoms with Gasteiger partial charge in [0.25, 0.3) is 5.91 Å². The summed E-state index contributed by atoms with van der Waals surface area (Å²) in [7, 11) is 0. The van der Waals surface area contributed by atoms with Crippen LogP contribution < -0.4 is 4.74 Å². The number of rotatable bonds is 7. The topological polar surface area (TPSA) is 66.8 Å². The first-order chi connectivity index (χ1) is 9.97. The van der Waals surface area contributed by atoms with Gasteiger partial charge in [-0.15, -0.1) is 0 Å². The number of carboxylic acid groups (broad SMARTS) is 1. The van der Waals surface area contributed by atoms with Crippen molar-refractivity contribution in [3.63, 3.8) is 0 Å². The molecule has 114 valence electrons. The lowest BCUT2D eigenvalue weighted by Gasteiger charge is -2.24. The van der Waals surface area contributed by atoms with Crippen LogP contribution in [0.25, 0.3) is 0 Å². The molecule has 0 heterocycles. The maximum atomic E-state index is 12.4. The van der Waals surface area contributed by atoms with E-state index in [0.29, 0.717) is 23.2 Å². The highest BCUT2D eigenvalue weighted by atomic mass is 35.5. The van der Waals surface area contributed by atoms with Crippen molar-refractivity contribution in [1.82, 2.24) is 4.90 Å². The van der Waals surface area contributed by atoms with E-state index in [4.69, 9.17) is 21.4 Å². The minimum atomic E-state index is -1.02. The van der Waals surface area contributed by atoms with E-state index in [0.717, 1.165) is 12.8 Å². The molecule has 1 aromatic carbocycles. The van der Waals surface area contributed by atoms with Gasteiger partial charge in [-0.25, -0.2) is 0 Å². The van der Waals surface area contributed by atoms with Gasteiger partial charge in [0.1, 0.15) is 12.3 Å². The predicted octanol–water partition coefficient (Wildman–Crippen LogP) is 2.43. The molecule has 0 aliphatic heterocycles. The highest BCUT2D eigenvalue weighted by Crippen LogP contribution is 2.30. The summed E-state index contributed by atoms with van der Waals surface area (Å²) in [6.07, 6.45) is 1.31. The van der Waals surface area contributed by atoms with Crippen LogP contribution in [0.3, 0.4) is 0 Å². The highest BCUT2D eigenvalue weighted by Gasteiger charge is 2.30. The highest BCUT2D eigenvalue weighted by molar-refractivity contribution is 6.32. The van der Waals surface area contributed by atoms with Gasteiger partial charge < -0.3 is 14.7 Å². The summed E-state index contributed by atoms with van der Waals surface area (Å²) >= 11 is 5.99. The maximum absolute atomic E-state index is 12.4. The first-order valence-corrected chi connectivity index (χ1v) is 7.27. The second-order valence-corrected chi connectivity index (χ2v) is 5.65. The quantitative estimate of drug-likeness (QED) is 0.840. The first-order valence-electron chi connectivity index (χ1n) is 6.89. The van der Waals surface area contributed by atoms with E-state index in [9.17, 15) is 9.59 Å². The minimum absolute atomic E-state index is 0.300. The molecule has 1 aliphatic carbocycles. The molecule has 1 unspecified atom stereocenters. The third-order valence-electron chi connectivity index (χ3n) is 3.30. The lowest BCUT2D eigenvalue weighted by molar-refractivity contribution is -0.147. The molecule has 1 amide bonds.